The van der Waals surface area contributed by atoms with Gasteiger partial charge in [-0.25, -0.2) is 0 Å². The van der Waals surface area contributed by atoms with Crippen molar-refractivity contribution in [3.05, 3.63) is 0 Å². The van der Waals surface area contributed by atoms with Crippen molar-refractivity contribution in [1.82, 2.24) is 4.90 Å². The highest BCUT2D eigenvalue weighted by molar-refractivity contribution is 5.01. The molecule has 0 amide bonds. The molecule has 2 aliphatic carbocycles. The monoisotopic (exact) mass is 210 g/mol. The predicted octanol–water partition coefficient (Wildman–Crippen LogP) is 2.24. The fourth-order valence-corrected chi connectivity index (χ4v) is 3.37. The normalized spacial score (nSPS) is 36.4. The first-order valence-electron chi connectivity index (χ1n) is 6.68. The molecule has 0 aliphatic heterocycles. The lowest BCUT2D eigenvalue weighted by Crippen LogP contribution is -2.56. The zero-order chi connectivity index (χ0) is 10.9. The molecule has 2 N–H and O–H groups in total. The maximum absolute atomic E-state index is 6.09. The van der Waals surface area contributed by atoms with Crippen molar-refractivity contribution in [2.24, 2.45) is 17.6 Å². The third kappa shape index (κ3) is 2.07. The first kappa shape index (κ1) is 11.4. The van der Waals surface area contributed by atoms with E-state index in [1.165, 1.54) is 45.2 Å². The molecule has 0 aromatic carbocycles. The van der Waals surface area contributed by atoms with Gasteiger partial charge in [0, 0.05) is 18.6 Å². The third-order valence-electron chi connectivity index (χ3n) is 4.70. The van der Waals surface area contributed by atoms with E-state index < -0.39 is 0 Å². The Labute approximate surface area is 94.2 Å². The molecule has 0 aromatic rings. The molecule has 2 nitrogen and oxygen atoms in total. The molecular weight excluding hydrogens is 184 g/mol. The van der Waals surface area contributed by atoms with Gasteiger partial charge < -0.3 is 5.73 Å². The van der Waals surface area contributed by atoms with Crippen LogP contribution in [0.5, 0.6) is 0 Å². The Morgan fingerprint density at radius 1 is 1.33 bits per heavy atom. The molecule has 2 unspecified atom stereocenters. The van der Waals surface area contributed by atoms with Crippen molar-refractivity contribution in [2.45, 2.75) is 51.5 Å². The van der Waals surface area contributed by atoms with Crippen molar-refractivity contribution in [2.75, 3.05) is 19.6 Å². The number of hydrogen-bond donors (Lipinski definition) is 1. The zero-order valence-electron chi connectivity index (χ0n) is 10.3. The second-order valence-corrected chi connectivity index (χ2v) is 5.58. The molecule has 2 heteroatoms. The van der Waals surface area contributed by atoms with Crippen LogP contribution in [0.1, 0.15) is 46.0 Å². The largest absolute Gasteiger partial charge is 0.329 e. The van der Waals surface area contributed by atoms with Gasteiger partial charge in [0.05, 0.1) is 0 Å². The molecule has 0 aromatic heterocycles. The van der Waals surface area contributed by atoms with Crippen LogP contribution in [0.25, 0.3) is 0 Å². The summed E-state index contributed by atoms with van der Waals surface area (Å²) >= 11 is 0. The van der Waals surface area contributed by atoms with Crippen molar-refractivity contribution >= 4 is 0 Å². The Balaban J connectivity index is 2.06. The van der Waals surface area contributed by atoms with Gasteiger partial charge in [0.1, 0.15) is 0 Å². The SMILES string of the molecule is CCN(CC1CC1)C1(CN)CCCC1C. The quantitative estimate of drug-likeness (QED) is 0.754. The van der Waals surface area contributed by atoms with Crippen LogP contribution in [0, 0.1) is 11.8 Å². The van der Waals surface area contributed by atoms with Gasteiger partial charge in [-0.05, 0) is 44.1 Å². The van der Waals surface area contributed by atoms with Crippen molar-refractivity contribution < 1.29 is 0 Å². The third-order valence-corrected chi connectivity index (χ3v) is 4.70. The Kier molecular flexibility index (Phi) is 3.36. The van der Waals surface area contributed by atoms with Gasteiger partial charge in [-0.15, -0.1) is 0 Å². The molecule has 2 rings (SSSR count). The number of hydrogen-bond acceptors (Lipinski definition) is 2. The van der Waals surface area contributed by atoms with Crippen LogP contribution in [0.2, 0.25) is 0 Å². The van der Waals surface area contributed by atoms with E-state index in [-0.39, 0.29) is 0 Å². The van der Waals surface area contributed by atoms with Crippen LogP contribution in [-0.4, -0.2) is 30.1 Å². The molecule has 0 saturated heterocycles. The molecule has 0 spiro atoms. The Hall–Kier alpha value is -0.0800. The fourth-order valence-electron chi connectivity index (χ4n) is 3.37. The number of nitrogens with zero attached hydrogens (tertiary/aromatic N) is 1. The summed E-state index contributed by atoms with van der Waals surface area (Å²) in [5, 5.41) is 0. The summed E-state index contributed by atoms with van der Waals surface area (Å²) in [5.74, 6) is 1.78. The minimum atomic E-state index is 0.345. The van der Waals surface area contributed by atoms with E-state index in [0.29, 0.717) is 5.54 Å². The van der Waals surface area contributed by atoms with Crippen molar-refractivity contribution in [3.63, 3.8) is 0 Å². The van der Waals surface area contributed by atoms with E-state index in [9.17, 15) is 0 Å². The lowest BCUT2D eigenvalue weighted by atomic mass is 9.86. The van der Waals surface area contributed by atoms with Crippen LogP contribution in [-0.2, 0) is 0 Å². The van der Waals surface area contributed by atoms with Crippen LogP contribution in [0.3, 0.4) is 0 Å². The van der Waals surface area contributed by atoms with E-state index >= 15 is 0 Å². The molecule has 2 fully saturated rings. The molecule has 0 radical (unpaired) electrons. The lowest BCUT2D eigenvalue weighted by molar-refractivity contribution is 0.0643. The smallest absolute Gasteiger partial charge is 0.0357 e. The molecule has 2 saturated carbocycles. The molecule has 88 valence electrons. The van der Waals surface area contributed by atoms with E-state index in [4.69, 9.17) is 5.73 Å². The average Bonchev–Trinajstić information content (AvgIpc) is 2.99. The molecule has 0 bridgehead atoms. The zero-order valence-corrected chi connectivity index (χ0v) is 10.3. The molecule has 0 heterocycles. The van der Waals surface area contributed by atoms with E-state index in [1.54, 1.807) is 0 Å². The summed E-state index contributed by atoms with van der Waals surface area (Å²) in [6.45, 7) is 8.03. The van der Waals surface area contributed by atoms with Gasteiger partial charge in [-0.2, -0.15) is 0 Å². The van der Waals surface area contributed by atoms with Crippen LogP contribution in [0.15, 0.2) is 0 Å². The van der Waals surface area contributed by atoms with Crippen LogP contribution in [0.4, 0.5) is 0 Å². The fraction of sp³-hybridized carbons (Fsp3) is 1.00. The summed E-state index contributed by atoms with van der Waals surface area (Å²) in [6.07, 6.45) is 6.97. The highest BCUT2D eigenvalue weighted by Crippen LogP contribution is 2.41. The van der Waals surface area contributed by atoms with Gasteiger partial charge in [-0.3, -0.25) is 4.90 Å². The second-order valence-electron chi connectivity index (χ2n) is 5.58. The van der Waals surface area contributed by atoms with E-state index in [2.05, 4.69) is 18.7 Å². The second kappa shape index (κ2) is 4.42. The molecule has 2 atom stereocenters. The van der Waals surface area contributed by atoms with Gasteiger partial charge in [0.25, 0.3) is 0 Å². The lowest BCUT2D eigenvalue weighted by Gasteiger charge is -2.44. The molecule has 2 aliphatic rings. The highest BCUT2D eigenvalue weighted by atomic mass is 15.2. The average molecular weight is 210 g/mol. The summed E-state index contributed by atoms with van der Waals surface area (Å²) in [7, 11) is 0. The van der Waals surface area contributed by atoms with Crippen LogP contribution >= 0.6 is 0 Å². The van der Waals surface area contributed by atoms with Gasteiger partial charge >= 0.3 is 0 Å². The predicted molar refractivity (Wildman–Crippen MR) is 64.8 cm³/mol. The van der Waals surface area contributed by atoms with Crippen LogP contribution < -0.4 is 5.73 Å². The summed E-state index contributed by atoms with van der Waals surface area (Å²) in [4.78, 5) is 2.70. The van der Waals surface area contributed by atoms with Crippen molar-refractivity contribution in [1.29, 1.82) is 0 Å². The first-order valence-corrected chi connectivity index (χ1v) is 6.68. The standard InChI is InChI=1S/C13H26N2/c1-3-15(9-12-6-7-12)13(10-14)8-4-5-11(13)2/h11-12H,3-10,14H2,1-2H3. The maximum atomic E-state index is 6.09. The Morgan fingerprint density at radius 3 is 2.47 bits per heavy atom. The van der Waals surface area contributed by atoms with E-state index in [0.717, 1.165) is 18.4 Å². The summed E-state index contributed by atoms with van der Waals surface area (Å²) < 4.78 is 0. The molecular formula is C13H26N2. The Bertz CT molecular complexity index is 213. The molecule has 15 heavy (non-hydrogen) atoms. The number of likely N-dealkylation sites (N-methyl/N-ethyl adjacent to an activating group) is 1. The van der Waals surface area contributed by atoms with E-state index in [1.807, 2.05) is 0 Å². The topological polar surface area (TPSA) is 29.3 Å². The summed E-state index contributed by atoms with van der Waals surface area (Å²) in [6, 6.07) is 0. The number of rotatable bonds is 5. The number of nitrogens with two attached hydrogens (primary N) is 1. The Morgan fingerprint density at radius 2 is 2.07 bits per heavy atom. The summed E-state index contributed by atoms with van der Waals surface area (Å²) in [5.41, 5.74) is 6.43. The van der Waals surface area contributed by atoms with Crippen molar-refractivity contribution in [3.8, 4) is 0 Å². The highest BCUT2D eigenvalue weighted by Gasteiger charge is 2.44. The van der Waals surface area contributed by atoms with Gasteiger partial charge in [-0.1, -0.05) is 20.3 Å². The maximum Gasteiger partial charge on any atom is 0.0357 e. The minimum Gasteiger partial charge on any atom is -0.329 e. The van der Waals surface area contributed by atoms with Gasteiger partial charge in [0.2, 0.25) is 0 Å². The first-order chi connectivity index (χ1) is 7.23. The van der Waals surface area contributed by atoms with Gasteiger partial charge in [0.15, 0.2) is 0 Å². The minimum absolute atomic E-state index is 0.345.